The number of para-hydroxylation sites is 1. The lowest BCUT2D eigenvalue weighted by molar-refractivity contribution is -0.113. The normalized spacial score (nSPS) is 13.9. The third-order valence-corrected chi connectivity index (χ3v) is 6.86. The highest BCUT2D eigenvalue weighted by Gasteiger charge is 2.24. The van der Waals surface area contributed by atoms with Gasteiger partial charge in [0.2, 0.25) is 5.91 Å². The molecule has 2 amide bonds. The summed E-state index contributed by atoms with van der Waals surface area (Å²) in [6.45, 7) is 0.219. The summed E-state index contributed by atoms with van der Waals surface area (Å²) in [6.07, 6.45) is 5.39. The maximum Gasteiger partial charge on any atom is 0.251 e. The van der Waals surface area contributed by atoms with Crippen LogP contribution < -0.4 is 15.4 Å². The average molecular weight is 498 g/mol. The summed E-state index contributed by atoms with van der Waals surface area (Å²) in [5.41, 5.74) is 0.669. The van der Waals surface area contributed by atoms with Gasteiger partial charge in [0.25, 0.3) is 5.91 Å². The maximum atomic E-state index is 13.8. The lowest BCUT2D eigenvalue weighted by Crippen LogP contribution is -2.26. The van der Waals surface area contributed by atoms with Gasteiger partial charge in [-0.05, 0) is 49.2 Å². The number of ether oxygens (including phenoxy) is 1. The van der Waals surface area contributed by atoms with Crippen LogP contribution in [0.15, 0.2) is 53.7 Å². The van der Waals surface area contributed by atoms with E-state index >= 15 is 0 Å². The summed E-state index contributed by atoms with van der Waals surface area (Å²) in [5.74, 6) is 0.371. The standard InChI is InChI=1S/C25H28FN5O3S/c1-34-19-13-11-17(12-14-19)24(33)27-15-22-29-30-25(31(22)18-7-3-2-4-8-18)35-16-23(32)28-21-10-6-5-9-20(21)26/h5-6,9-14,18H,2-4,7-8,15-16H2,1H3,(H,27,33)(H,28,32). The fourth-order valence-electron chi connectivity index (χ4n) is 4.12. The van der Waals surface area contributed by atoms with Gasteiger partial charge in [0.15, 0.2) is 11.0 Å². The van der Waals surface area contributed by atoms with Gasteiger partial charge in [-0.2, -0.15) is 0 Å². The van der Waals surface area contributed by atoms with E-state index in [1.54, 1.807) is 43.5 Å². The predicted octanol–water partition coefficient (Wildman–Crippen LogP) is 4.59. The number of carbonyl (C=O) groups is 2. The highest BCUT2D eigenvalue weighted by atomic mass is 32.2. The molecule has 1 fully saturated rings. The Morgan fingerprint density at radius 3 is 2.54 bits per heavy atom. The molecule has 1 aromatic heterocycles. The molecule has 10 heteroatoms. The van der Waals surface area contributed by atoms with Crippen molar-refractivity contribution in [2.75, 3.05) is 18.2 Å². The highest BCUT2D eigenvalue weighted by molar-refractivity contribution is 7.99. The monoisotopic (exact) mass is 497 g/mol. The first-order valence-corrected chi connectivity index (χ1v) is 12.6. The van der Waals surface area contributed by atoms with Gasteiger partial charge in [-0.25, -0.2) is 4.39 Å². The molecule has 4 rings (SSSR count). The van der Waals surface area contributed by atoms with Gasteiger partial charge in [-0.3, -0.25) is 9.59 Å². The zero-order chi connectivity index (χ0) is 24.6. The second-order valence-electron chi connectivity index (χ2n) is 8.29. The zero-order valence-corrected chi connectivity index (χ0v) is 20.3. The molecule has 8 nitrogen and oxygen atoms in total. The second kappa shape index (κ2) is 11.8. The lowest BCUT2D eigenvalue weighted by atomic mass is 9.95. The highest BCUT2D eigenvalue weighted by Crippen LogP contribution is 2.32. The van der Waals surface area contributed by atoms with Gasteiger partial charge in [0.1, 0.15) is 11.6 Å². The number of aromatic nitrogens is 3. The van der Waals surface area contributed by atoms with E-state index in [-0.39, 0.29) is 35.8 Å². The van der Waals surface area contributed by atoms with Crippen molar-refractivity contribution in [2.45, 2.75) is 49.8 Å². The largest absolute Gasteiger partial charge is 0.497 e. The number of rotatable bonds is 9. The van der Waals surface area contributed by atoms with Crippen molar-refractivity contribution in [2.24, 2.45) is 0 Å². The van der Waals surface area contributed by atoms with Crippen LogP contribution in [-0.4, -0.2) is 39.4 Å². The molecule has 0 spiro atoms. The number of hydrogen-bond donors (Lipinski definition) is 2. The number of thioether (sulfide) groups is 1. The first-order valence-electron chi connectivity index (χ1n) is 11.6. The number of nitrogens with one attached hydrogen (secondary N) is 2. The first kappa shape index (κ1) is 24.7. The van der Waals surface area contributed by atoms with Crippen LogP contribution >= 0.6 is 11.8 Å². The number of hydrogen-bond acceptors (Lipinski definition) is 6. The Labute approximate surface area is 207 Å². The number of amides is 2. The molecule has 35 heavy (non-hydrogen) atoms. The molecule has 0 saturated heterocycles. The van der Waals surface area contributed by atoms with E-state index in [0.29, 0.717) is 22.3 Å². The molecule has 1 heterocycles. The Morgan fingerprint density at radius 1 is 1.09 bits per heavy atom. The summed E-state index contributed by atoms with van der Waals surface area (Å²) < 4.78 is 21.0. The summed E-state index contributed by atoms with van der Waals surface area (Å²) in [7, 11) is 1.58. The summed E-state index contributed by atoms with van der Waals surface area (Å²) >= 11 is 1.26. The number of methoxy groups -OCH3 is 1. The quantitative estimate of drug-likeness (QED) is 0.420. The Hall–Kier alpha value is -3.40. The van der Waals surface area contributed by atoms with Crippen LogP contribution in [0.25, 0.3) is 0 Å². The third-order valence-electron chi connectivity index (χ3n) is 5.91. The van der Waals surface area contributed by atoms with E-state index in [1.165, 1.54) is 30.3 Å². The van der Waals surface area contributed by atoms with Crippen molar-refractivity contribution in [3.8, 4) is 5.75 Å². The Kier molecular flexibility index (Phi) is 8.36. The summed E-state index contributed by atoms with van der Waals surface area (Å²) in [6, 6.07) is 13.1. The van der Waals surface area contributed by atoms with Crippen molar-refractivity contribution >= 4 is 29.3 Å². The van der Waals surface area contributed by atoms with E-state index in [1.807, 2.05) is 0 Å². The van der Waals surface area contributed by atoms with E-state index in [4.69, 9.17) is 4.74 Å². The van der Waals surface area contributed by atoms with Crippen LogP contribution in [0.2, 0.25) is 0 Å². The van der Waals surface area contributed by atoms with Crippen LogP contribution in [0, 0.1) is 5.82 Å². The molecule has 2 N–H and O–H groups in total. The van der Waals surface area contributed by atoms with E-state index in [0.717, 1.165) is 25.7 Å². The van der Waals surface area contributed by atoms with E-state index < -0.39 is 5.82 Å². The van der Waals surface area contributed by atoms with Crippen molar-refractivity contribution < 1.29 is 18.7 Å². The Balaban J connectivity index is 1.43. The predicted molar refractivity (Wildman–Crippen MR) is 132 cm³/mol. The molecule has 0 atom stereocenters. The number of nitrogens with zero attached hydrogens (tertiary/aromatic N) is 3. The van der Waals surface area contributed by atoms with Crippen molar-refractivity contribution in [1.29, 1.82) is 0 Å². The van der Waals surface area contributed by atoms with Gasteiger partial charge in [-0.15, -0.1) is 10.2 Å². The molecule has 184 valence electrons. The van der Waals surface area contributed by atoms with Crippen molar-refractivity contribution in [3.05, 3.63) is 65.7 Å². The fourth-order valence-corrected chi connectivity index (χ4v) is 4.94. The number of halogens is 1. The molecule has 0 radical (unpaired) electrons. The molecule has 3 aromatic rings. The number of anilines is 1. The van der Waals surface area contributed by atoms with Crippen LogP contribution in [0.5, 0.6) is 5.75 Å². The first-order chi connectivity index (χ1) is 17.0. The SMILES string of the molecule is COc1ccc(C(=O)NCc2nnc(SCC(=O)Nc3ccccc3F)n2C2CCCCC2)cc1. The van der Waals surface area contributed by atoms with Gasteiger partial charge in [-0.1, -0.05) is 43.2 Å². The minimum atomic E-state index is -0.480. The molecule has 2 aromatic carbocycles. The molecule has 1 saturated carbocycles. The fraction of sp³-hybridized carbons (Fsp3) is 0.360. The van der Waals surface area contributed by atoms with E-state index in [9.17, 15) is 14.0 Å². The Bertz CT molecular complexity index is 1160. The molecule has 0 aliphatic heterocycles. The summed E-state index contributed by atoms with van der Waals surface area (Å²) in [5, 5.41) is 14.8. The summed E-state index contributed by atoms with van der Waals surface area (Å²) in [4.78, 5) is 25.1. The lowest BCUT2D eigenvalue weighted by Gasteiger charge is -2.25. The molecule has 1 aliphatic carbocycles. The number of carbonyl (C=O) groups excluding carboxylic acids is 2. The van der Waals surface area contributed by atoms with Crippen molar-refractivity contribution in [3.63, 3.8) is 0 Å². The second-order valence-corrected chi connectivity index (χ2v) is 9.23. The van der Waals surface area contributed by atoms with Gasteiger partial charge in [0.05, 0.1) is 25.1 Å². The van der Waals surface area contributed by atoms with Crippen LogP contribution in [-0.2, 0) is 11.3 Å². The molecular weight excluding hydrogens is 469 g/mol. The Morgan fingerprint density at radius 2 is 1.83 bits per heavy atom. The minimum Gasteiger partial charge on any atom is -0.497 e. The minimum absolute atomic E-state index is 0.0669. The van der Waals surface area contributed by atoms with Gasteiger partial charge >= 0.3 is 0 Å². The smallest absolute Gasteiger partial charge is 0.251 e. The molecule has 0 unspecified atom stereocenters. The maximum absolute atomic E-state index is 13.8. The van der Waals surface area contributed by atoms with Gasteiger partial charge in [0, 0.05) is 11.6 Å². The van der Waals surface area contributed by atoms with Gasteiger partial charge < -0.3 is 19.9 Å². The zero-order valence-electron chi connectivity index (χ0n) is 19.5. The van der Waals surface area contributed by atoms with Crippen LogP contribution in [0.3, 0.4) is 0 Å². The molecule has 0 bridgehead atoms. The topological polar surface area (TPSA) is 98.1 Å². The number of benzene rings is 2. The van der Waals surface area contributed by atoms with E-state index in [2.05, 4.69) is 25.4 Å². The molecule has 1 aliphatic rings. The molecular formula is C25H28FN5O3S. The van der Waals surface area contributed by atoms with Crippen molar-refractivity contribution in [1.82, 2.24) is 20.1 Å². The van der Waals surface area contributed by atoms with Crippen LogP contribution in [0.1, 0.15) is 54.3 Å². The third kappa shape index (κ3) is 6.39. The average Bonchev–Trinajstić information content (AvgIpc) is 3.30. The van der Waals surface area contributed by atoms with Crippen LogP contribution in [0.4, 0.5) is 10.1 Å².